The van der Waals surface area contributed by atoms with Crippen LogP contribution in [0.1, 0.15) is 58.8 Å². The van der Waals surface area contributed by atoms with E-state index in [2.05, 4.69) is 39.6 Å². The van der Waals surface area contributed by atoms with Crippen molar-refractivity contribution in [3.63, 3.8) is 0 Å². The van der Waals surface area contributed by atoms with Crippen LogP contribution in [0, 0.1) is 5.92 Å². The monoisotopic (exact) mass is 312 g/mol. The SMILES string of the molecule is CC(C)=CCC/C(=C(\CCl)[Si](C)(C)C)C1CCCCC1. The molecule has 1 aliphatic rings. The quantitative estimate of drug-likeness (QED) is 0.290. The molecule has 0 unspecified atom stereocenters. The first-order valence-electron chi connectivity index (χ1n) is 8.28. The van der Waals surface area contributed by atoms with E-state index >= 15 is 0 Å². The van der Waals surface area contributed by atoms with Gasteiger partial charge >= 0.3 is 0 Å². The Kier molecular flexibility index (Phi) is 7.61. The number of hydrogen-bond acceptors (Lipinski definition) is 0. The number of allylic oxidation sites excluding steroid dienone is 4. The van der Waals surface area contributed by atoms with Crippen molar-refractivity contribution in [1.29, 1.82) is 0 Å². The Morgan fingerprint density at radius 3 is 2.15 bits per heavy atom. The average molecular weight is 313 g/mol. The Morgan fingerprint density at radius 2 is 1.70 bits per heavy atom. The third-order valence-corrected chi connectivity index (χ3v) is 7.29. The second-order valence-corrected chi connectivity index (χ2v) is 12.9. The van der Waals surface area contributed by atoms with Crippen LogP contribution in [0.5, 0.6) is 0 Å². The molecule has 116 valence electrons. The molecule has 0 radical (unpaired) electrons. The highest BCUT2D eigenvalue weighted by Crippen LogP contribution is 2.36. The first-order chi connectivity index (χ1) is 9.36. The molecule has 0 amide bonds. The minimum absolute atomic E-state index is 0.760. The van der Waals surface area contributed by atoms with E-state index in [1.54, 1.807) is 10.8 Å². The fourth-order valence-electron chi connectivity index (χ4n) is 3.34. The van der Waals surface area contributed by atoms with Gasteiger partial charge in [0.05, 0.1) is 8.07 Å². The minimum atomic E-state index is -1.28. The first kappa shape index (κ1) is 18.0. The smallest absolute Gasteiger partial charge is 0.0739 e. The third-order valence-electron chi connectivity index (χ3n) is 4.49. The van der Waals surface area contributed by atoms with Crippen LogP contribution >= 0.6 is 11.6 Å². The number of hydrogen-bond donors (Lipinski definition) is 0. The van der Waals surface area contributed by atoms with E-state index in [9.17, 15) is 0 Å². The summed E-state index contributed by atoms with van der Waals surface area (Å²) in [5.74, 6) is 1.59. The van der Waals surface area contributed by atoms with Gasteiger partial charge in [0, 0.05) is 5.88 Å². The molecule has 0 saturated heterocycles. The highest BCUT2D eigenvalue weighted by atomic mass is 35.5. The van der Waals surface area contributed by atoms with Gasteiger partial charge in [0.25, 0.3) is 0 Å². The fourth-order valence-corrected chi connectivity index (χ4v) is 6.40. The molecule has 1 rings (SSSR count). The zero-order valence-electron chi connectivity index (χ0n) is 14.2. The molecule has 0 aromatic carbocycles. The highest BCUT2D eigenvalue weighted by Gasteiger charge is 2.27. The molecule has 0 heterocycles. The molecule has 20 heavy (non-hydrogen) atoms. The average Bonchev–Trinajstić information content (AvgIpc) is 2.37. The zero-order chi connectivity index (χ0) is 15.2. The highest BCUT2D eigenvalue weighted by molar-refractivity contribution is 6.84. The van der Waals surface area contributed by atoms with Gasteiger partial charge in [-0.15, -0.1) is 11.6 Å². The van der Waals surface area contributed by atoms with Crippen molar-refractivity contribution in [2.45, 2.75) is 78.4 Å². The van der Waals surface area contributed by atoms with E-state index in [4.69, 9.17) is 11.6 Å². The van der Waals surface area contributed by atoms with Gasteiger partial charge in [0.2, 0.25) is 0 Å². The largest absolute Gasteiger partial charge is 0.122 e. The molecule has 0 bridgehead atoms. The molecule has 1 aliphatic carbocycles. The Bertz CT molecular complexity index is 350. The van der Waals surface area contributed by atoms with E-state index in [-0.39, 0.29) is 0 Å². The van der Waals surface area contributed by atoms with Gasteiger partial charge in [-0.1, -0.05) is 61.3 Å². The van der Waals surface area contributed by atoms with Crippen LogP contribution in [0.25, 0.3) is 0 Å². The summed E-state index contributed by atoms with van der Waals surface area (Å²) in [7, 11) is -1.28. The molecule has 0 aromatic heterocycles. The maximum atomic E-state index is 6.37. The Hall–Kier alpha value is -0.0131. The summed E-state index contributed by atoms with van der Waals surface area (Å²) in [6.07, 6.45) is 11.9. The van der Waals surface area contributed by atoms with Crippen molar-refractivity contribution in [3.05, 3.63) is 22.4 Å². The van der Waals surface area contributed by atoms with Crippen molar-refractivity contribution >= 4 is 19.7 Å². The van der Waals surface area contributed by atoms with Gasteiger partial charge in [-0.05, 0) is 45.4 Å². The standard InChI is InChI=1S/C18H33ClSi/c1-15(2)10-9-13-17(16-11-7-6-8-12-16)18(14-19)20(3,4)5/h10,16H,6-9,11-14H2,1-5H3/b18-17-. The van der Waals surface area contributed by atoms with E-state index in [0.717, 1.165) is 11.8 Å². The fraction of sp³-hybridized carbons (Fsp3) is 0.778. The summed E-state index contributed by atoms with van der Waals surface area (Å²) in [4.78, 5) is 0. The first-order valence-corrected chi connectivity index (χ1v) is 12.3. The van der Waals surface area contributed by atoms with Gasteiger partial charge in [-0.25, -0.2) is 0 Å². The van der Waals surface area contributed by atoms with E-state index in [0.29, 0.717) is 0 Å². The molecular formula is C18H33ClSi. The summed E-state index contributed by atoms with van der Waals surface area (Å²) in [5.41, 5.74) is 3.18. The summed E-state index contributed by atoms with van der Waals surface area (Å²) in [6.45, 7) is 11.8. The molecule has 2 heteroatoms. The van der Waals surface area contributed by atoms with Crippen LogP contribution in [0.15, 0.2) is 22.4 Å². The molecule has 1 fully saturated rings. The van der Waals surface area contributed by atoms with Crippen molar-refractivity contribution in [1.82, 2.24) is 0 Å². The lowest BCUT2D eigenvalue weighted by Gasteiger charge is -2.31. The van der Waals surface area contributed by atoms with Crippen LogP contribution in [0.4, 0.5) is 0 Å². The molecule has 0 aliphatic heterocycles. The Balaban J connectivity index is 2.97. The topological polar surface area (TPSA) is 0 Å². The summed E-state index contributed by atoms with van der Waals surface area (Å²) < 4.78 is 0. The molecule has 0 nitrogen and oxygen atoms in total. The maximum Gasteiger partial charge on any atom is 0.0739 e. The van der Waals surface area contributed by atoms with Crippen molar-refractivity contribution < 1.29 is 0 Å². The molecule has 0 aromatic rings. The Labute approximate surface area is 132 Å². The van der Waals surface area contributed by atoms with E-state index in [1.807, 2.05) is 0 Å². The van der Waals surface area contributed by atoms with Crippen LogP contribution < -0.4 is 0 Å². The minimum Gasteiger partial charge on any atom is -0.122 e. The molecule has 0 spiro atoms. The van der Waals surface area contributed by atoms with Crippen LogP contribution in [0.3, 0.4) is 0 Å². The van der Waals surface area contributed by atoms with Gasteiger partial charge in [0.15, 0.2) is 0 Å². The van der Waals surface area contributed by atoms with Crippen LogP contribution in [-0.2, 0) is 0 Å². The molecular weight excluding hydrogens is 280 g/mol. The van der Waals surface area contributed by atoms with Crippen LogP contribution in [0.2, 0.25) is 19.6 Å². The Morgan fingerprint density at radius 1 is 1.10 bits per heavy atom. The predicted octanol–water partition coefficient (Wildman–Crippen LogP) is 6.73. The van der Waals surface area contributed by atoms with Crippen molar-refractivity contribution in [3.8, 4) is 0 Å². The lowest BCUT2D eigenvalue weighted by atomic mass is 9.82. The van der Waals surface area contributed by atoms with Gasteiger partial charge in [0.1, 0.15) is 0 Å². The predicted molar refractivity (Wildman–Crippen MR) is 96.3 cm³/mol. The number of alkyl halides is 1. The molecule has 0 atom stereocenters. The number of rotatable bonds is 6. The second-order valence-electron chi connectivity index (χ2n) is 7.54. The van der Waals surface area contributed by atoms with Crippen molar-refractivity contribution in [2.24, 2.45) is 5.92 Å². The van der Waals surface area contributed by atoms with Gasteiger partial charge in [-0.3, -0.25) is 0 Å². The second kappa shape index (κ2) is 8.43. The lowest BCUT2D eigenvalue weighted by Crippen LogP contribution is -2.29. The van der Waals surface area contributed by atoms with Gasteiger partial charge < -0.3 is 0 Å². The van der Waals surface area contributed by atoms with Crippen molar-refractivity contribution in [2.75, 3.05) is 5.88 Å². The van der Waals surface area contributed by atoms with E-state index < -0.39 is 8.07 Å². The van der Waals surface area contributed by atoms with Gasteiger partial charge in [-0.2, -0.15) is 0 Å². The summed E-state index contributed by atoms with van der Waals surface area (Å²) in [5, 5.41) is 1.65. The third kappa shape index (κ3) is 5.77. The maximum absolute atomic E-state index is 6.37. The zero-order valence-corrected chi connectivity index (χ0v) is 15.9. The molecule has 1 saturated carbocycles. The number of halogens is 1. The van der Waals surface area contributed by atoms with Crippen LogP contribution in [-0.4, -0.2) is 14.0 Å². The summed E-state index contributed by atoms with van der Waals surface area (Å²) in [6, 6.07) is 0. The van der Waals surface area contributed by atoms with E-state index in [1.165, 1.54) is 50.5 Å². The normalized spacial score (nSPS) is 18.7. The molecule has 0 N–H and O–H groups in total. The lowest BCUT2D eigenvalue weighted by molar-refractivity contribution is 0.394. The summed E-state index contributed by atoms with van der Waals surface area (Å²) >= 11 is 6.37.